The predicted molar refractivity (Wildman–Crippen MR) is 99.7 cm³/mol. The molecule has 136 valence electrons. The third kappa shape index (κ3) is 3.27. The van der Waals surface area contributed by atoms with Crippen LogP contribution in [0.1, 0.15) is 23.0 Å². The number of benzene rings is 2. The Morgan fingerprint density at radius 3 is 2.65 bits per heavy atom. The number of phenols is 1. The summed E-state index contributed by atoms with van der Waals surface area (Å²) >= 11 is 5.97. The van der Waals surface area contributed by atoms with E-state index in [2.05, 4.69) is 5.32 Å². The number of rotatable bonds is 4. The van der Waals surface area contributed by atoms with Crippen molar-refractivity contribution in [1.82, 2.24) is 0 Å². The van der Waals surface area contributed by atoms with Gasteiger partial charge in [-0.3, -0.25) is 4.79 Å². The maximum absolute atomic E-state index is 12.6. The second kappa shape index (κ2) is 6.66. The van der Waals surface area contributed by atoms with Gasteiger partial charge in [-0.2, -0.15) is 0 Å². The van der Waals surface area contributed by atoms with Gasteiger partial charge in [-0.05, 0) is 43.3 Å². The lowest BCUT2D eigenvalue weighted by atomic mass is 10.1. The lowest BCUT2D eigenvalue weighted by Crippen LogP contribution is -2.13. The Hall–Kier alpha value is -2.51. The fourth-order valence-corrected chi connectivity index (χ4v) is 3.64. The molecule has 2 N–H and O–H groups in total. The van der Waals surface area contributed by atoms with Gasteiger partial charge >= 0.3 is 0 Å². The minimum Gasteiger partial charge on any atom is -0.506 e. The van der Waals surface area contributed by atoms with Gasteiger partial charge in [0.1, 0.15) is 11.3 Å². The average molecular weight is 394 g/mol. The van der Waals surface area contributed by atoms with Gasteiger partial charge in [0.2, 0.25) is 0 Å². The number of fused-ring (bicyclic) bond motifs is 1. The molecule has 0 aliphatic heterocycles. The van der Waals surface area contributed by atoms with Crippen LogP contribution in [0.5, 0.6) is 5.75 Å². The molecule has 0 atom stereocenters. The molecule has 0 unspecified atom stereocenters. The Bertz CT molecular complexity index is 1120. The van der Waals surface area contributed by atoms with Gasteiger partial charge in [0.25, 0.3) is 5.91 Å². The summed E-state index contributed by atoms with van der Waals surface area (Å²) in [5, 5.41) is 13.7. The monoisotopic (exact) mass is 393 g/mol. The van der Waals surface area contributed by atoms with Crippen LogP contribution in [-0.4, -0.2) is 25.2 Å². The van der Waals surface area contributed by atoms with E-state index in [9.17, 15) is 18.3 Å². The van der Waals surface area contributed by atoms with Crippen LogP contribution in [0.15, 0.2) is 45.7 Å². The lowest BCUT2D eigenvalue weighted by molar-refractivity contribution is 0.0997. The van der Waals surface area contributed by atoms with E-state index in [0.717, 1.165) is 0 Å². The molecule has 3 rings (SSSR count). The Morgan fingerprint density at radius 1 is 1.23 bits per heavy atom. The van der Waals surface area contributed by atoms with Crippen LogP contribution < -0.4 is 5.32 Å². The molecule has 6 nitrogen and oxygen atoms in total. The molecule has 1 amide bonds. The predicted octanol–water partition coefficient (Wildman–Crippen LogP) is 4.15. The van der Waals surface area contributed by atoms with E-state index in [1.807, 2.05) is 0 Å². The van der Waals surface area contributed by atoms with Crippen molar-refractivity contribution in [2.24, 2.45) is 0 Å². The van der Waals surface area contributed by atoms with Crippen LogP contribution in [0.2, 0.25) is 5.02 Å². The van der Waals surface area contributed by atoms with E-state index >= 15 is 0 Å². The summed E-state index contributed by atoms with van der Waals surface area (Å²) in [7, 11) is -3.47. The van der Waals surface area contributed by atoms with Crippen LogP contribution in [0.3, 0.4) is 0 Å². The number of hydrogen-bond acceptors (Lipinski definition) is 5. The molecule has 0 saturated carbocycles. The Labute approximate surface area is 155 Å². The first-order valence-electron chi connectivity index (χ1n) is 7.78. The molecule has 3 aromatic rings. The number of carbonyl (C=O) groups excluding carboxylic acids is 1. The van der Waals surface area contributed by atoms with Crippen molar-refractivity contribution < 1.29 is 22.7 Å². The number of nitrogens with one attached hydrogen (secondary N) is 1. The summed E-state index contributed by atoms with van der Waals surface area (Å²) in [5.74, 6) is -0.874. The fraction of sp³-hybridized carbons (Fsp3) is 0.167. The van der Waals surface area contributed by atoms with Crippen LogP contribution >= 0.6 is 11.6 Å². The van der Waals surface area contributed by atoms with E-state index in [-0.39, 0.29) is 27.8 Å². The molecule has 0 aliphatic carbocycles. The Kier molecular flexibility index (Phi) is 4.68. The zero-order valence-corrected chi connectivity index (χ0v) is 15.6. The first kappa shape index (κ1) is 18.3. The SMILES string of the molecule is CCS(=O)(=O)c1ccc(O)c(NC(=O)c2oc3ccc(Cl)cc3c2C)c1. The van der Waals surface area contributed by atoms with Crippen molar-refractivity contribution in [1.29, 1.82) is 0 Å². The summed E-state index contributed by atoms with van der Waals surface area (Å²) in [6, 6.07) is 8.74. The molecule has 0 bridgehead atoms. The molecule has 0 aliphatic rings. The second-order valence-corrected chi connectivity index (χ2v) is 8.45. The van der Waals surface area contributed by atoms with Crippen molar-refractivity contribution in [3.8, 4) is 5.75 Å². The maximum atomic E-state index is 12.6. The molecule has 0 spiro atoms. The van der Waals surface area contributed by atoms with E-state index < -0.39 is 15.7 Å². The van der Waals surface area contributed by atoms with E-state index in [4.69, 9.17) is 16.0 Å². The van der Waals surface area contributed by atoms with Gasteiger partial charge in [0.05, 0.1) is 16.3 Å². The summed E-state index contributed by atoms with van der Waals surface area (Å²) in [4.78, 5) is 12.6. The largest absolute Gasteiger partial charge is 0.506 e. The number of halogens is 1. The fourth-order valence-electron chi connectivity index (χ4n) is 2.56. The molecule has 1 heterocycles. The summed E-state index contributed by atoms with van der Waals surface area (Å²) in [6.45, 7) is 3.23. The van der Waals surface area contributed by atoms with E-state index in [1.165, 1.54) is 25.1 Å². The molecular weight excluding hydrogens is 378 g/mol. The third-order valence-corrected chi connectivity index (χ3v) is 6.03. The molecule has 0 fully saturated rings. The highest BCUT2D eigenvalue weighted by atomic mass is 35.5. The van der Waals surface area contributed by atoms with Crippen molar-refractivity contribution in [2.75, 3.05) is 11.1 Å². The highest BCUT2D eigenvalue weighted by Gasteiger charge is 2.20. The number of hydrogen-bond donors (Lipinski definition) is 2. The van der Waals surface area contributed by atoms with Crippen LogP contribution in [0.25, 0.3) is 11.0 Å². The smallest absolute Gasteiger partial charge is 0.291 e. The normalized spacial score (nSPS) is 11.7. The molecule has 1 aromatic heterocycles. The van der Waals surface area contributed by atoms with Gasteiger partial charge in [-0.1, -0.05) is 18.5 Å². The zero-order valence-electron chi connectivity index (χ0n) is 14.0. The Balaban J connectivity index is 1.98. The number of phenolic OH excluding ortho intramolecular Hbond substituents is 1. The first-order chi connectivity index (χ1) is 12.2. The highest BCUT2D eigenvalue weighted by Crippen LogP contribution is 2.31. The van der Waals surface area contributed by atoms with Crippen molar-refractivity contribution in [2.45, 2.75) is 18.7 Å². The van der Waals surface area contributed by atoms with Crippen LogP contribution in [0, 0.1) is 6.92 Å². The van der Waals surface area contributed by atoms with E-state index in [1.54, 1.807) is 25.1 Å². The molecule has 0 radical (unpaired) electrons. The van der Waals surface area contributed by atoms with Gasteiger partial charge < -0.3 is 14.8 Å². The summed E-state index contributed by atoms with van der Waals surface area (Å²) in [6.07, 6.45) is 0. The van der Waals surface area contributed by atoms with Gasteiger partial charge in [-0.15, -0.1) is 0 Å². The van der Waals surface area contributed by atoms with Crippen LogP contribution in [-0.2, 0) is 9.84 Å². The minimum absolute atomic E-state index is 0.0117. The van der Waals surface area contributed by atoms with Crippen molar-refractivity contribution in [3.05, 3.63) is 52.7 Å². The number of aromatic hydroxyl groups is 1. The van der Waals surface area contributed by atoms with Gasteiger partial charge in [0, 0.05) is 16.0 Å². The van der Waals surface area contributed by atoms with Gasteiger partial charge in [0.15, 0.2) is 15.6 Å². The van der Waals surface area contributed by atoms with Crippen LogP contribution in [0.4, 0.5) is 5.69 Å². The standard InChI is InChI=1S/C18H16ClNO5S/c1-3-26(23,24)12-5-6-15(21)14(9-12)20-18(22)17-10(2)13-8-11(19)4-7-16(13)25-17/h4-9,21H,3H2,1-2H3,(H,20,22). The summed E-state index contributed by atoms with van der Waals surface area (Å²) in [5.41, 5.74) is 1.09. The zero-order chi connectivity index (χ0) is 19.1. The highest BCUT2D eigenvalue weighted by molar-refractivity contribution is 7.91. The van der Waals surface area contributed by atoms with Crippen molar-refractivity contribution in [3.63, 3.8) is 0 Å². The lowest BCUT2D eigenvalue weighted by Gasteiger charge is -2.09. The second-order valence-electron chi connectivity index (χ2n) is 5.73. The molecule has 2 aromatic carbocycles. The molecular formula is C18H16ClNO5S. The van der Waals surface area contributed by atoms with Gasteiger partial charge in [-0.25, -0.2) is 8.42 Å². The maximum Gasteiger partial charge on any atom is 0.291 e. The van der Waals surface area contributed by atoms with E-state index in [0.29, 0.717) is 21.6 Å². The number of amides is 1. The number of carbonyl (C=O) groups is 1. The molecule has 0 saturated heterocycles. The Morgan fingerprint density at radius 2 is 1.96 bits per heavy atom. The quantitative estimate of drug-likeness (QED) is 0.649. The number of furan rings is 1. The number of aryl methyl sites for hydroxylation is 1. The average Bonchev–Trinajstić information content (AvgIpc) is 2.93. The number of sulfone groups is 1. The third-order valence-electron chi connectivity index (χ3n) is 4.06. The topological polar surface area (TPSA) is 96.6 Å². The summed E-state index contributed by atoms with van der Waals surface area (Å²) < 4.78 is 29.6. The molecule has 26 heavy (non-hydrogen) atoms. The minimum atomic E-state index is -3.47. The van der Waals surface area contributed by atoms with Crippen molar-refractivity contribution >= 4 is 44.0 Å². The molecule has 8 heteroatoms. The number of anilines is 1. The first-order valence-corrected chi connectivity index (χ1v) is 9.81.